The second-order valence-electron chi connectivity index (χ2n) is 5.43. The molecule has 0 atom stereocenters. The maximum atomic E-state index is 12.4. The van der Waals surface area contributed by atoms with Crippen molar-refractivity contribution in [3.8, 4) is 0 Å². The third-order valence-corrected chi connectivity index (χ3v) is 5.22. The van der Waals surface area contributed by atoms with Crippen LogP contribution in [0.3, 0.4) is 0 Å². The lowest BCUT2D eigenvalue weighted by molar-refractivity contribution is -0.425. The Balaban J connectivity index is 1.74. The molecule has 1 aromatic heterocycles. The van der Waals surface area contributed by atoms with E-state index in [9.17, 15) is 14.5 Å². The summed E-state index contributed by atoms with van der Waals surface area (Å²) in [6.07, 6.45) is 0.653. The largest absolute Gasteiger partial charge is 0.339 e. The van der Waals surface area contributed by atoms with Gasteiger partial charge in [0.1, 0.15) is 14.9 Å². The van der Waals surface area contributed by atoms with Crippen LogP contribution in [-0.4, -0.2) is 48.4 Å². The molecular formula is C15H16ClN4O3S+. The van der Waals surface area contributed by atoms with Crippen molar-refractivity contribution in [1.29, 1.82) is 0 Å². The molecule has 1 aromatic carbocycles. The highest BCUT2D eigenvalue weighted by Crippen LogP contribution is 2.25. The predicted molar refractivity (Wildman–Crippen MR) is 91.3 cm³/mol. The first-order chi connectivity index (χ1) is 11.6. The molecule has 2 amide bonds. The minimum atomic E-state index is -0.107. The molecule has 1 fully saturated rings. The Morgan fingerprint density at radius 2 is 2.08 bits per heavy atom. The highest BCUT2D eigenvalue weighted by atomic mass is 35.5. The van der Waals surface area contributed by atoms with Gasteiger partial charge in [-0.15, -0.1) is 0 Å². The average molecular weight is 368 g/mol. The number of carbonyl (C=O) groups excluding carboxylic acids is 2. The summed E-state index contributed by atoms with van der Waals surface area (Å²) in [6, 6.07) is 7.06. The first kappa shape index (κ1) is 16.8. The maximum absolute atomic E-state index is 12.4. The van der Waals surface area contributed by atoms with Crippen LogP contribution in [0.1, 0.15) is 5.69 Å². The van der Waals surface area contributed by atoms with E-state index in [1.807, 2.05) is 6.07 Å². The summed E-state index contributed by atoms with van der Waals surface area (Å²) >= 11 is 7.20. The molecule has 1 aliphatic rings. The molecule has 126 valence electrons. The van der Waals surface area contributed by atoms with Gasteiger partial charge in [0.05, 0.1) is 0 Å². The predicted octanol–water partition coefficient (Wildman–Crippen LogP) is 0.817. The van der Waals surface area contributed by atoms with Gasteiger partial charge in [0, 0.05) is 47.6 Å². The summed E-state index contributed by atoms with van der Waals surface area (Å²) in [4.78, 5) is 36.7. The lowest BCUT2D eigenvalue weighted by Gasteiger charge is -2.33. The molecule has 0 unspecified atom stereocenters. The molecule has 0 radical (unpaired) electrons. The smallest absolute Gasteiger partial charge is 0.266 e. The van der Waals surface area contributed by atoms with Gasteiger partial charge in [-0.25, -0.2) is 5.01 Å². The molecule has 0 bridgehead atoms. The van der Waals surface area contributed by atoms with Gasteiger partial charge in [-0.3, -0.25) is 15.0 Å². The van der Waals surface area contributed by atoms with E-state index in [1.54, 1.807) is 28.1 Å². The number of halogens is 1. The van der Waals surface area contributed by atoms with Crippen molar-refractivity contribution in [2.45, 2.75) is 6.42 Å². The minimum Gasteiger partial charge on any atom is -0.339 e. The summed E-state index contributed by atoms with van der Waals surface area (Å²) in [5, 5.41) is 3.09. The third kappa shape index (κ3) is 3.55. The molecule has 1 aliphatic heterocycles. The van der Waals surface area contributed by atoms with Crippen LogP contribution in [0.25, 0.3) is 10.1 Å². The van der Waals surface area contributed by atoms with Crippen LogP contribution in [0, 0.1) is 4.91 Å². The lowest BCUT2D eigenvalue weighted by Crippen LogP contribution is -2.53. The number of fused-ring (bicyclic) bond motifs is 1. The van der Waals surface area contributed by atoms with Crippen molar-refractivity contribution in [3.63, 3.8) is 0 Å². The van der Waals surface area contributed by atoms with Crippen molar-refractivity contribution in [2.75, 3.05) is 26.2 Å². The molecule has 1 N–H and O–H groups in total. The SMILES string of the molecule is O=CNN1CCN(C(=O)Cc2cc3c(Cl)cccc3s[n+]2=O)CC1. The number of amides is 2. The summed E-state index contributed by atoms with van der Waals surface area (Å²) in [6.45, 7) is 2.15. The van der Waals surface area contributed by atoms with Crippen molar-refractivity contribution in [3.05, 3.63) is 39.9 Å². The molecule has 2 heterocycles. The quantitative estimate of drug-likeness (QED) is 0.641. The van der Waals surface area contributed by atoms with E-state index in [0.29, 0.717) is 43.3 Å². The van der Waals surface area contributed by atoms with Crippen molar-refractivity contribution in [2.24, 2.45) is 0 Å². The van der Waals surface area contributed by atoms with Gasteiger partial charge in [0.2, 0.25) is 23.8 Å². The van der Waals surface area contributed by atoms with Gasteiger partial charge in [-0.05, 0) is 12.1 Å². The van der Waals surface area contributed by atoms with Crippen molar-refractivity contribution < 1.29 is 13.4 Å². The Morgan fingerprint density at radius 1 is 1.33 bits per heavy atom. The van der Waals surface area contributed by atoms with E-state index in [2.05, 4.69) is 5.43 Å². The lowest BCUT2D eigenvalue weighted by atomic mass is 10.2. The maximum Gasteiger partial charge on any atom is 0.266 e. The standard InChI is InChI=1S/C15H15ClN4O3S/c16-13-2-1-3-14-12(13)8-11(20(23)24-14)9-15(22)18-4-6-19(7-5-18)17-10-21/h1-3,8,10H,4-7,9H2/p+1. The number of carbonyl (C=O) groups is 2. The molecule has 9 heteroatoms. The molecule has 0 saturated carbocycles. The van der Waals surface area contributed by atoms with E-state index >= 15 is 0 Å². The average Bonchev–Trinajstić information content (AvgIpc) is 2.57. The van der Waals surface area contributed by atoms with Crippen molar-refractivity contribution >= 4 is 45.5 Å². The number of hydrogen-bond acceptors (Lipinski definition) is 5. The highest BCUT2D eigenvalue weighted by Gasteiger charge is 2.25. The number of aromatic nitrogens is 1. The van der Waals surface area contributed by atoms with E-state index in [4.69, 9.17) is 11.6 Å². The second-order valence-corrected chi connectivity index (χ2v) is 6.79. The molecule has 0 spiro atoms. The number of nitrogens with one attached hydrogen (secondary N) is 1. The van der Waals surface area contributed by atoms with E-state index in [1.165, 1.54) is 0 Å². The zero-order chi connectivity index (χ0) is 17.1. The molecule has 0 aliphatic carbocycles. The van der Waals surface area contributed by atoms with Crippen LogP contribution in [0.2, 0.25) is 5.02 Å². The summed E-state index contributed by atoms with van der Waals surface area (Å²) in [5.74, 6) is -0.107. The number of piperazine rings is 1. The summed E-state index contributed by atoms with van der Waals surface area (Å²) in [7, 11) is 0. The fourth-order valence-corrected chi connectivity index (χ4v) is 3.75. The van der Waals surface area contributed by atoms with Gasteiger partial charge in [-0.1, -0.05) is 17.7 Å². The monoisotopic (exact) mass is 367 g/mol. The number of benzene rings is 1. The van der Waals surface area contributed by atoms with E-state index in [0.717, 1.165) is 25.4 Å². The number of rotatable bonds is 4. The van der Waals surface area contributed by atoms with Crippen LogP contribution >= 0.6 is 23.1 Å². The normalized spacial score (nSPS) is 15.5. The zero-order valence-corrected chi connectivity index (χ0v) is 14.3. The van der Waals surface area contributed by atoms with Gasteiger partial charge in [-0.2, -0.15) is 0 Å². The van der Waals surface area contributed by atoms with Gasteiger partial charge >= 0.3 is 0 Å². The van der Waals surface area contributed by atoms with E-state index < -0.39 is 0 Å². The summed E-state index contributed by atoms with van der Waals surface area (Å²) < 4.78 is 1.54. The van der Waals surface area contributed by atoms with Crippen LogP contribution in [-0.2, 0) is 16.0 Å². The van der Waals surface area contributed by atoms with Crippen LogP contribution in [0.15, 0.2) is 24.3 Å². The third-order valence-electron chi connectivity index (χ3n) is 3.94. The van der Waals surface area contributed by atoms with Gasteiger partial charge in [0.15, 0.2) is 0 Å². The Kier molecular flexibility index (Phi) is 5.08. The molecule has 1 saturated heterocycles. The molecule has 3 rings (SSSR count). The van der Waals surface area contributed by atoms with Gasteiger partial charge in [0.25, 0.3) is 5.69 Å². The molecule has 7 nitrogen and oxygen atoms in total. The Morgan fingerprint density at radius 3 is 2.79 bits per heavy atom. The van der Waals surface area contributed by atoms with Crippen LogP contribution in [0.5, 0.6) is 0 Å². The molecule has 2 aromatic rings. The fraction of sp³-hybridized carbons (Fsp3) is 0.333. The Hall–Kier alpha value is -2.03. The Bertz CT molecular complexity index is 833. The Labute approximate surface area is 147 Å². The van der Waals surface area contributed by atoms with Gasteiger partial charge < -0.3 is 4.90 Å². The van der Waals surface area contributed by atoms with Crippen LogP contribution < -0.4 is 9.24 Å². The number of nitrogens with zero attached hydrogens (tertiary/aromatic N) is 3. The van der Waals surface area contributed by atoms with E-state index in [-0.39, 0.29) is 12.3 Å². The topological polar surface area (TPSA) is 75.6 Å². The van der Waals surface area contributed by atoms with Crippen molar-refractivity contribution in [1.82, 2.24) is 15.3 Å². The minimum absolute atomic E-state index is 0.0300. The first-order valence-electron chi connectivity index (χ1n) is 7.45. The number of hydrazine groups is 1. The second kappa shape index (κ2) is 7.25. The highest BCUT2D eigenvalue weighted by molar-refractivity contribution is 7.09. The first-order valence-corrected chi connectivity index (χ1v) is 8.60. The number of hydrogen-bond donors (Lipinski definition) is 1. The molecular weight excluding hydrogens is 352 g/mol. The zero-order valence-electron chi connectivity index (χ0n) is 12.8. The van der Waals surface area contributed by atoms with Crippen LogP contribution in [0.4, 0.5) is 0 Å². The molecule has 24 heavy (non-hydrogen) atoms. The summed E-state index contributed by atoms with van der Waals surface area (Å²) in [5.41, 5.74) is 2.96. The fourth-order valence-electron chi connectivity index (χ4n) is 2.65.